The number of nitrogens with one attached hydrogen (secondary N) is 1. The molecule has 5 nitrogen and oxygen atoms in total. The van der Waals surface area contributed by atoms with Crippen molar-refractivity contribution in [2.45, 2.75) is 6.54 Å². The number of hydrogen-bond donors (Lipinski definition) is 1. The van der Waals surface area contributed by atoms with Gasteiger partial charge in [-0.15, -0.1) is 5.10 Å². The lowest BCUT2D eigenvalue weighted by molar-refractivity contribution is 0.199. The predicted octanol–water partition coefficient (Wildman–Crippen LogP) is 3.48. The summed E-state index contributed by atoms with van der Waals surface area (Å²) in [5.74, 6) is 0.552. The third-order valence-corrected chi connectivity index (χ3v) is 3.90. The maximum atomic E-state index is 6.06. The van der Waals surface area contributed by atoms with Gasteiger partial charge in [0, 0.05) is 24.7 Å². The normalized spacial score (nSPS) is 10.8. The monoisotopic (exact) mass is 377 g/mol. The zero-order valence-electron chi connectivity index (χ0n) is 10.7. The summed E-state index contributed by atoms with van der Waals surface area (Å²) >= 11 is 10.8. The minimum Gasteiger partial charge on any atom is -0.428 e. The number of methoxy groups -OCH3 is 1. The van der Waals surface area contributed by atoms with Crippen LogP contribution in [0.25, 0.3) is 0 Å². The highest BCUT2D eigenvalue weighted by Gasteiger charge is 2.09. The van der Waals surface area contributed by atoms with Crippen LogP contribution in [-0.2, 0) is 11.3 Å². The first-order valence-electron chi connectivity index (χ1n) is 5.84. The summed E-state index contributed by atoms with van der Waals surface area (Å²) in [7, 11) is 1.67. The molecule has 0 saturated heterocycles. The molecule has 2 rings (SSSR count). The minimum absolute atomic E-state index is 0.466. The largest absolute Gasteiger partial charge is 0.428 e. The van der Waals surface area contributed by atoms with Crippen molar-refractivity contribution in [1.29, 1.82) is 0 Å². The molecule has 8 heteroatoms. The predicted molar refractivity (Wildman–Crippen MR) is 82.7 cm³/mol. The van der Waals surface area contributed by atoms with Crippen LogP contribution in [0.2, 0.25) is 5.02 Å². The van der Waals surface area contributed by atoms with Gasteiger partial charge in [-0.25, -0.2) is 0 Å². The zero-order valence-corrected chi connectivity index (χ0v) is 13.9. The molecule has 0 saturated carbocycles. The molecule has 0 unspecified atom stereocenters. The van der Waals surface area contributed by atoms with Gasteiger partial charge in [0.2, 0.25) is 0 Å². The molecule has 0 aliphatic rings. The molecule has 0 fully saturated rings. The Hall–Kier alpha value is -0.730. The molecule has 20 heavy (non-hydrogen) atoms. The number of rotatable bonds is 7. The van der Waals surface area contributed by atoms with Crippen molar-refractivity contribution < 1.29 is 9.47 Å². The lowest BCUT2D eigenvalue weighted by Gasteiger charge is -2.03. The Labute approximate surface area is 134 Å². The van der Waals surface area contributed by atoms with Crippen molar-refractivity contribution in [3.05, 3.63) is 32.7 Å². The van der Waals surface area contributed by atoms with E-state index in [4.69, 9.17) is 21.1 Å². The van der Waals surface area contributed by atoms with E-state index < -0.39 is 0 Å². The van der Waals surface area contributed by atoms with Gasteiger partial charge in [0.15, 0.2) is 0 Å². The summed E-state index contributed by atoms with van der Waals surface area (Å²) in [6.45, 7) is 2.07. The smallest absolute Gasteiger partial charge is 0.299 e. The van der Waals surface area contributed by atoms with E-state index in [1.807, 2.05) is 6.07 Å². The summed E-state index contributed by atoms with van der Waals surface area (Å²) in [5.41, 5.74) is 0. The summed E-state index contributed by atoms with van der Waals surface area (Å²) in [5, 5.41) is 13.1. The van der Waals surface area contributed by atoms with Crippen molar-refractivity contribution in [3.63, 3.8) is 0 Å². The van der Waals surface area contributed by atoms with Gasteiger partial charge >= 0.3 is 0 Å². The van der Waals surface area contributed by atoms with Crippen LogP contribution in [0.4, 0.5) is 0 Å². The number of hydrogen-bond acceptors (Lipinski definition) is 6. The lowest BCUT2D eigenvalue weighted by atomic mass is 10.3. The molecule has 0 aliphatic carbocycles. The molecule has 1 heterocycles. The Morgan fingerprint density at radius 2 is 2.25 bits per heavy atom. The van der Waals surface area contributed by atoms with Crippen LogP contribution >= 0.6 is 38.9 Å². The van der Waals surface area contributed by atoms with Crippen LogP contribution in [0.1, 0.15) is 5.01 Å². The van der Waals surface area contributed by atoms with Crippen LogP contribution < -0.4 is 10.1 Å². The molecule has 1 aromatic heterocycles. The van der Waals surface area contributed by atoms with E-state index in [9.17, 15) is 0 Å². The van der Waals surface area contributed by atoms with Crippen LogP contribution in [-0.4, -0.2) is 30.5 Å². The highest BCUT2D eigenvalue weighted by Crippen LogP contribution is 2.33. The summed E-state index contributed by atoms with van der Waals surface area (Å²) in [6.07, 6.45) is 0. The molecule has 1 aromatic carbocycles. The van der Waals surface area contributed by atoms with Crippen molar-refractivity contribution in [3.8, 4) is 10.9 Å². The molecule has 0 bridgehead atoms. The Morgan fingerprint density at radius 3 is 3.05 bits per heavy atom. The van der Waals surface area contributed by atoms with E-state index in [0.29, 0.717) is 29.1 Å². The third-order valence-electron chi connectivity index (χ3n) is 2.30. The van der Waals surface area contributed by atoms with Crippen molar-refractivity contribution in [2.24, 2.45) is 0 Å². The number of benzene rings is 1. The van der Waals surface area contributed by atoms with Gasteiger partial charge in [-0.2, -0.15) is 0 Å². The van der Waals surface area contributed by atoms with E-state index in [2.05, 4.69) is 31.4 Å². The van der Waals surface area contributed by atoms with Crippen molar-refractivity contribution >= 4 is 38.9 Å². The Balaban J connectivity index is 1.93. The molecule has 0 amide bonds. The molecule has 0 aliphatic heterocycles. The summed E-state index contributed by atoms with van der Waals surface area (Å²) in [6, 6.07) is 5.40. The fourth-order valence-electron chi connectivity index (χ4n) is 1.37. The topological polar surface area (TPSA) is 56.3 Å². The number of aromatic nitrogens is 2. The lowest BCUT2D eigenvalue weighted by Crippen LogP contribution is -2.18. The van der Waals surface area contributed by atoms with Crippen LogP contribution in [0.3, 0.4) is 0 Å². The van der Waals surface area contributed by atoms with Crippen molar-refractivity contribution in [2.75, 3.05) is 20.3 Å². The number of halogens is 2. The van der Waals surface area contributed by atoms with Crippen molar-refractivity contribution in [1.82, 2.24) is 15.5 Å². The maximum absolute atomic E-state index is 6.06. The van der Waals surface area contributed by atoms with Gasteiger partial charge < -0.3 is 14.8 Å². The fourth-order valence-corrected chi connectivity index (χ4v) is 2.54. The quantitative estimate of drug-likeness (QED) is 0.748. The second-order valence-corrected chi connectivity index (χ2v) is 6.16. The van der Waals surface area contributed by atoms with Crippen LogP contribution in [0, 0.1) is 0 Å². The third kappa shape index (κ3) is 4.68. The Morgan fingerprint density at radius 1 is 1.40 bits per heavy atom. The van der Waals surface area contributed by atoms with Gasteiger partial charge in [-0.1, -0.05) is 44.0 Å². The van der Waals surface area contributed by atoms with Crippen LogP contribution in [0.15, 0.2) is 22.7 Å². The standard InChI is InChI=1S/C12H13BrClN3O2S/c1-18-5-4-15-7-11-16-17-12(20-11)19-10-6-8(13)2-3-9(10)14/h2-3,6,15H,4-5,7H2,1H3. The molecule has 0 radical (unpaired) electrons. The van der Waals surface area contributed by atoms with E-state index in [1.165, 1.54) is 11.3 Å². The van der Waals surface area contributed by atoms with Gasteiger partial charge in [0.1, 0.15) is 10.8 Å². The first-order valence-corrected chi connectivity index (χ1v) is 7.82. The molecular weight excluding hydrogens is 366 g/mol. The molecule has 0 spiro atoms. The maximum Gasteiger partial charge on any atom is 0.299 e. The zero-order chi connectivity index (χ0) is 14.4. The van der Waals surface area contributed by atoms with Gasteiger partial charge in [-0.3, -0.25) is 0 Å². The van der Waals surface area contributed by atoms with E-state index in [1.54, 1.807) is 19.2 Å². The molecular formula is C12H13BrClN3O2S. The molecule has 1 N–H and O–H groups in total. The molecule has 108 valence electrons. The van der Waals surface area contributed by atoms with Gasteiger partial charge in [-0.05, 0) is 18.2 Å². The molecule has 0 atom stereocenters. The van der Waals surface area contributed by atoms with Crippen LogP contribution in [0.5, 0.6) is 10.9 Å². The van der Waals surface area contributed by atoms with Gasteiger partial charge in [0.25, 0.3) is 5.19 Å². The Bertz CT molecular complexity index is 567. The van der Waals surface area contributed by atoms with E-state index in [0.717, 1.165) is 16.0 Å². The average Bonchev–Trinajstić information content (AvgIpc) is 2.87. The van der Waals surface area contributed by atoms with E-state index in [-0.39, 0.29) is 0 Å². The SMILES string of the molecule is COCCNCc1nnc(Oc2cc(Br)ccc2Cl)s1. The second-order valence-electron chi connectivity index (χ2n) is 3.81. The summed E-state index contributed by atoms with van der Waals surface area (Å²) < 4.78 is 11.5. The first-order chi connectivity index (χ1) is 9.69. The van der Waals surface area contributed by atoms with E-state index >= 15 is 0 Å². The average molecular weight is 379 g/mol. The van der Waals surface area contributed by atoms with Gasteiger partial charge in [0.05, 0.1) is 11.6 Å². The molecule has 2 aromatic rings. The summed E-state index contributed by atoms with van der Waals surface area (Å²) in [4.78, 5) is 0. The second kappa shape index (κ2) is 7.90. The number of ether oxygens (including phenoxy) is 2. The Kier molecular flexibility index (Phi) is 6.18. The fraction of sp³-hybridized carbons (Fsp3) is 0.333. The number of nitrogens with zero attached hydrogens (tertiary/aromatic N) is 2. The highest BCUT2D eigenvalue weighted by molar-refractivity contribution is 9.10. The highest BCUT2D eigenvalue weighted by atomic mass is 79.9. The minimum atomic E-state index is 0.466. The first kappa shape index (κ1) is 15.7.